The Hall–Kier alpha value is -1.89. The molecule has 1 fully saturated rings. The molecule has 0 saturated carbocycles. The fraction of sp³-hybridized carbons (Fsp3) is 0.368. The molecular formula is C19H22N2O3S. The molecule has 0 unspecified atom stereocenters. The Kier molecular flexibility index (Phi) is 4.27. The summed E-state index contributed by atoms with van der Waals surface area (Å²) in [5.74, 6) is 0.561. The summed E-state index contributed by atoms with van der Waals surface area (Å²) in [6, 6.07) is 15.5. The maximum Gasteiger partial charge on any atom is 0.243 e. The molecule has 2 aromatic carbocycles. The first kappa shape index (κ1) is 16.6. The molecule has 2 aliphatic heterocycles. The van der Waals surface area contributed by atoms with Crippen molar-refractivity contribution in [2.45, 2.75) is 23.9 Å². The van der Waals surface area contributed by atoms with Gasteiger partial charge < -0.3 is 4.74 Å². The van der Waals surface area contributed by atoms with Crippen LogP contribution in [0.15, 0.2) is 53.4 Å². The summed E-state index contributed by atoms with van der Waals surface area (Å²) in [6.45, 7) is 3.02. The predicted octanol–water partition coefficient (Wildman–Crippen LogP) is 2.13. The second kappa shape index (κ2) is 6.44. The first-order valence-electron chi connectivity index (χ1n) is 8.53. The van der Waals surface area contributed by atoms with E-state index in [1.807, 2.05) is 0 Å². The number of methoxy groups -OCH3 is 1. The van der Waals surface area contributed by atoms with Gasteiger partial charge in [-0.25, -0.2) is 8.42 Å². The van der Waals surface area contributed by atoms with Crippen molar-refractivity contribution < 1.29 is 13.2 Å². The fourth-order valence-corrected chi connectivity index (χ4v) is 5.13. The smallest absolute Gasteiger partial charge is 0.243 e. The van der Waals surface area contributed by atoms with Crippen LogP contribution in [0.1, 0.15) is 11.1 Å². The van der Waals surface area contributed by atoms with Crippen molar-refractivity contribution in [2.75, 3.05) is 26.7 Å². The number of sulfonamides is 1. The highest BCUT2D eigenvalue weighted by Crippen LogP contribution is 2.29. The zero-order chi connectivity index (χ0) is 17.4. The lowest BCUT2D eigenvalue weighted by molar-refractivity contribution is 0.0769. The molecule has 0 bridgehead atoms. The third kappa shape index (κ3) is 3.05. The van der Waals surface area contributed by atoms with Gasteiger partial charge in [-0.15, -0.1) is 0 Å². The van der Waals surface area contributed by atoms with E-state index in [2.05, 4.69) is 29.2 Å². The van der Waals surface area contributed by atoms with Gasteiger partial charge in [-0.2, -0.15) is 4.31 Å². The molecule has 0 atom stereocenters. The van der Waals surface area contributed by atoms with Gasteiger partial charge in [0.15, 0.2) is 0 Å². The molecule has 5 nitrogen and oxygen atoms in total. The summed E-state index contributed by atoms with van der Waals surface area (Å²) < 4.78 is 32.2. The van der Waals surface area contributed by atoms with E-state index < -0.39 is 10.0 Å². The summed E-state index contributed by atoms with van der Waals surface area (Å²) in [4.78, 5) is 2.70. The van der Waals surface area contributed by atoms with Crippen molar-refractivity contribution in [3.8, 4) is 5.75 Å². The number of ether oxygens (including phenoxy) is 1. The fourth-order valence-electron chi connectivity index (χ4n) is 3.58. The Morgan fingerprint density at radius 3 is 2.56 bits per heavy atom. The second-order valence-electron chi connectivity index (χ2n) is 6.64. The van der Waals surface area contributed by atoms with Gasteiger partial charge in [0.1, 0.15) is 5.75 Å². The number of rotatable bonds is 4. The van der Waals surface area contributed by atoms with E-state index in [0.717, 1.165) is 19.5 Å². The highest BCUT2D eigenvalue weighted by Gasteiger charge is 2.40. The molecule has 0 amide bonds. The average molecular weight is 358 g/mol. The Labute approximate surface area is 148 Å². The zero-order valence-electron chi connectivity index (χ0n) is 14.3. The molecule has 0 aliphatic carbocycles. The molecule has 132 valence electrons. The number of benzene rings is 2. The van der Waals surface area contributed by atoms with Crippen LogP contribution in [-0.2, 0) is 23.0 Å². The average Bonchev–Trinajstić information content (AvgIpc) is 2.60. The largest absolute Gasteiger partial charge is 0.497 e. The van der Waals surface area contributed by atoms with E-state index in [9.17, 15) is 8.42 Å². The van der Waals surface area contributed by atoms with E-state index in [-0.39, 0.29) is 0 Å². The maximum absolute atomic E-state index is 12.8. The second-order valence-corrected chi connectivity index (χ2v) is 8.58. The minimum Gasteiger partial charge on any atom is -0.497 e. The monoisotopic (exact) mass is 358 g/mol. The minimum absolute atomic E-state index is 0.300. The van der Waals surface area contributed by atoms with Crippen LogP contribution in [0.5, 0.6) is 5.75 Å². The lowest BCUT2D eigenvalue weighted by atomic mass is 9.97. The van der Waals surface area contributed by atoms with Crippen molar-refractivity contribution in [1.82, 2.24) is 9.21 Å². The van der Waals surface area contributed by atoms with Gasteiger partial charge in [-0.3, -0.25) is 4.90 Å². The molecule has 4 rings (SSSR count). The zero-order valence-corrected chi connectivity index (χ0v) is 15.1. The molecule has 0 aromatic heterocycles. The first-order valence-corrected chi connectivity index (χ1v) is 9.97. The standard InChI is InChI=1S/C19H22N2O3S/c1-24-18-7-4-8-19(11-18)25(22,23)21-13-17(14-21)20-10-9-15-5-2-3-6-16(15)12-20/h2-8,11,17H,9-10,12-14H2,1H3. The Balaban J connectivity index is 1.43. The third-order valence-electron chi connectivity index (χ3n) is 5.18. The normalized spacial score (nSPS) is 19.2. The van der Waals surface area contributed by atoms with Gasteiger partial charge in [0.2, 0.25) is 10.0 Å². The SMILES string of the molecule is COc1cccc(S(=O)(=O)N2CC(N3CCc4ccccc4C3)C2)c1. The van der Waals surface area contributed by atoms with Crippen molar-refractivity contribution in [3.63, 3.8) is 0 Å². The molecule has 1 saturated heterocycles. The number of hydrogen-bond donors (Lipinski definition) is 0. The number of fused-ring (bicyclic) bond motifs is 1. The molecule has 0 spiro atoms. The molecular weight excluding hydrogens is 336 g/mol. The van der Waals surface area contributed by atoms with Crippen LogP contribution in [0.2, 0.25) is 0 Å². The van der Waals surface area contributed by atoms with Crippen molar-refractivity contribution in [2.24, 2.45) is 0 Å². The lowest BCUT2D eigenvalue weighted by Crippen LogP contribution is -2.61. The highest BCUT2D eigenvalue weighted by atomic mass is 32.2. The molecule has 0 radical (unpaired) electrons. The third-order valence-corrected chi connectivity index (χ3v) is 7.01. The van der Waals surface area contributed by atoms with Crippen LogP contribution in [0.4, 0.5) is 0 Å². The van der Waals surface area contributed by atoms with Crippen LogP contribution in [0.25, 0.3) is 0 Å². The highest BCUT2D eigenvalue weighted by molar-refractivity contribution is 7.89. The summed E-state index contributed by atoms with van der Waals surface area (Å²) in [5.41, 5.74) is 2.78. The van der Waals surface area contributed by atoms with E-state index >= 15 is 0 Å². The summed E-state index contributed by atoms with van der Waals surface area (Å²) in [6.07, 6.45) is 1.04. The predicted molar refractivity (Wildman–Crippen MR) is 96.1 cm³/mol. The van der Waals surface area contributed by atoms with Crippen LogP contribution in [-0.4, -0.2) is 50.4 Å². The van der Waals surface area contributed by atoms with E-state index in [1.54, 1.807) is 35.7 Å². The van der Waals surface area contributed by atoms with Gasteiger partial charge in [-0.05, 0) is 29.7 Å². The Morgan fingerprint density at radius 2 is 1.80 bits per heavy atom. The summed E-state index contributed by atoms with van der Waals surface area (Å²) >= 11 is 0. The van der Waals surface area contributed by atoms with Crippen LogP contribution < -0.4 is 4.74 Å². The van der Waals surface area contributed by atoms with Gasteiger partial charge in [-0.1, -0.05) is 30.3 Å². The van der Waals surface area contributed by atoms with E-state index in [0.29, 0.717) is 29.8 Å². The van der Waals surface area contributed by atoms with Crippen molar-refractivity contribution in [1.29, 1.82) is 0 Å². The number of nitrogens with zero attached hydrogens (tertiary/aromatic N) is 2. The maximum atomic E-state index is 12.8. The van der Waals surface area contributed by atoms with E-state index in [4.69, 9.17) is 4.74 Å². The molecule has 25 heavy (non-hydrogen) atoms. The van der Waals surface area contributed by atoms with Gasteiger partial charge in [0.25, 0.3) is 0 Å². The molecule has 2 aromatic rings. The molecule has 0 N–H and O–H groups in total. The van der Waals surface area contributed by atoms with Crippen molar-refractivity contribution in [3.05, 3.63) is 59.7 Å². The Morgan fingerprint density at radius 1 is 1.04 bits per heavy atom. The van der Waals surface area contributed by atoms with Crippen LogP contribution >= 0.6 is 0 Å². The van der Waals surface area contributed by atoms with E-state index in [1.165, 1.54) is 11.1 Å². The van der Waals surface area contributed by atoms with Gasteiger partial charge >= 0.3 is 0 Å². The molecule has 6 heteroatoms. The van der Waals surface area contributed by atoms with Crippen LogP contribution in [0, 0.1) is 0 Å². The molecule has 2 aliphatic rings. The minimum atomic E-state index is -3.44. The number of hydrogen-bond acceptors (Lipinski definition) is 4. The van der Waals surface area contributed by atoms with Crippen molar-refractivity contribution >= 4 is 10.0 Å². The van der Waals surface area contributed by atoms with Gasteiger partial charge in [0, 0.05) is 38.3 Å². The van der Waals surface area contributed by atoms with Gasteiger partial charge in [0.05, 0.1) is 12.0 Å². The summed E-state index contributed by atoms with van der Waals surface area (Å²) in [5, 5.41) is 0. The lowest BCUT2D eigenvalue weighted by Gasteiger charge is -2.46. The molecule has 2 heterocycles. The first-order chi connectivity index (χ1) is 12.1. The Bertz CT molecular complexity index is 876. The quantitative estimate of drug-likeness (QED) is 0.840. The summed E-state index contributed by atoms with van der Waals surface area (Å²) in [7, 11) is -1.90. The topological polar surface area (TPSA) is 49.9 Å². The van der Waals surface area contributed by atoms with Crippen LogP contribution in [0.3, 0.4) is 0 Å².